The minimum absolute atomic E-state index is 0.138. The van der Waals surface area contributed by atoms with Gasteiger partial charge in [-0.25, -0.2) is 0 Å². The Hall–Kier alpha value is -1.96. The molecular formula is C31H48O2. The zero-order valence-electron chi connectivity index (χ0n) is 23.5. The van der Waals surface area contributed by atoms with Gasteiger partial charge < -0.3 is 10.2 Å². The lowest BCUT2D eigenvalue weighted by Gasteiger charge is -2.30. The Morgan fingerprint density at radius 1 is 0.545 bits per heavy atom. The first kappa shape index (κ1) is 27.3. The SMILES string of the molecule is CC(Cc1cc(C(C)(C)C)c(O)c(C(C)(C)C)c1)c1cc(C(C)(C)C)c(O)c(C(C)(C)C)c1. The van der Waals surface area contributed by atoms with Crippen LogP contribution in [0.25, 0.3) is 0 Å². The Morgan fingerprint density at radius 3 is 1.09 bits per heavy atom. The highest BCUT2D eigenvalue weighted by atomic mass is 16.3. The van der Waals surface area contributed by atoms with Gasteiger partial charge in [0, 0.05) is 0 Å². The molecule has 0 aliphatic heterocycles. The van der Waals surface area contributed by atoms with Gasteiger partial charge in [-0.3, -0.25) is 0 Å². The molecule has 1 atom stereocenters. The molecule has 184 valence electrons. The van der Waals surface area contributed by atoms with Crippen LogP contribution < -0.4 is 0 Å². The van der Waals surface area contributed by atoms with Crippen LogP contribution in [-0.4, -0.2) is 10.2 Å². The van der Waals surface area contributed by atoms with Gasteiger partial charge >= 0.3 is 0 Å². The fraction of sp³-hybridized carbons (Fsp3) is 0.613. The van der Waals surface area contributed by atoms with Crippen molar-refractivity contribution in [2.75, 3.05) is 0 Å². The molecule has 0 saturated heterocycles. The molecule has 0 bridgehead atoms. The Balaban J connectivity index is 2.64. The highest BCUT2D eigenvalue weighted by molar-refractivity contribution is 5.52. The molecule has 0 radical (unpaired) electrons. The van der Waals surface area contributed by atoms with Gasteiger partial charge in [0.25, 0.3) is 0 Å². The number of benzene rings is 2. The Kier molecular flexibility index (Phi) is 7.17. The molecule has 33 heavy (non-hydrogen) atoms. The van der Waals surface area contributed by atoms with E-state index in [9.17, 15) is 10.2 Å². The number of phenolic OH excluding ortho intramolecular Hbond substituents is 2. The smallest absolute Gasteiger partial charge is 0.123 e. The van der Waals surface area contributed by atoms with Crippen LogP contribution in [0.2, 0.25) is 0 Å². The average Bonchev–Trinajstić information content (AvgIpc) is 2.59. The van der Waals surface area contributed by atoms with Crippen LogP contribution >= 0.6 is 0 Å². The fourth-order valence-electron chi connectivity index (χ4n) is 4.51. The van der Waals surface area contributed by atoms with Crippen molar-refractivity contribution in [2.45, 2.75) is 124 Å². The molecule has 0 aliphatic carbocycles. The zero-order valence-corrected chi connectivity index (χ0v) is 23.5. The third-order valence-corrected chi connectivity index (χ3v) is 6.64. The van der Waals surface area contributed by atoms with Crippen molar-refractivity contribution in [1.82, 2.24) is 0 Å². The molecule has 2 nitrogen and oxygen atoms in total. The van der Waals surface area contributed by atoms with Gasteiger partial charge in [-0.15, -0.1) is 0 Å². The summed E-state index contributed by atoms with van der Waals surface area (Å²) in [4.78, 5) is 0. The summed E-state index contributed by atoms with van der Waals surface area (Å²) in [5, 5.41) is 22.2. The maximum Gasteiger partial charge on any atom is 0.123 e. The van der Waals surface area contributed by atoms with Gasteiger partial charge in [0.1, 0.15) is 11.5 Å². The Labute approximate surface area is 203 Å². The van der Waals surface area contributed by atoms with Crippen LogP contribution in [-0.2, 0) is 28.1 Å². The van der Waals surface area contributed by atoms with Crippen molar-refractivity contribution in [2.24, 2.45) is 0 Å². The maximum absolute atomic E-state index is 11.1. The highest BCUT2D eigenvalue weighted by Crippen LogP contribution is 2.43. The molecular weight excluding hydrogens is 404 g/mol. The molecule has 0 amide bonds. The molecule has 0 heterocycles. The predicted molar refractivity (Wildman–Crippen MR) is 143 cm³/mol. The molecule has 0 aromatic heterocycles. The predicted octanol–water partition coefficient (Wildman–Crippen LogP) is 8.63. The molecule has 2 aromatic carbocycles. The summed E-state index contributed by atoms with van der Waals surface area (Å²) in [6, 6.07) is 8.78. The summed E-state index contributed by atoms with van der Waals surface area (Å²) in [5.41, 5.74) is 5.97. The standard InChI is InChI=1S/C31H48O2/c1-19(21-17-24(30(8,9)10)27(33)25(18-21)31(11,12)13)14-20-15-22(28(2,3)4)26(32)23(16-20)29(5,6)7/h15-19,32-33H,14H2,1-13H3. The summed E-state index contributed by atoms with van der Waals surface area (Å²) in [6.07, 6.45) is 0.879. The highest BCUT2D eigenvalue weighted by Gasteiger charge is 2.29. The summed E-state index contributed by atoms with van der Waals surface area (Å²) >= 11 is 0. The number of phenols is 2. The van der Waals surface area contributed by atoms with Crippen molar-refractivity contribution in [1.29, 1.82) is 0 Å². The third-order valence-electron chi connectivity index (χ3n) is 6.64. The van der Waals surface area contributed by atoms with E-state index in [1.54, 1.807) is 0 Å². The molecule has 0 aliphatic rings. The van der Waals surface area contributed by atoms with Gasteiger partial charge in [-0.05, 0) is 67.4 Å². The Bertz CT molecular complexity index is 929. The number of rotatable bonds is 3. The lowest BCUT2D eigenvalue weighted by molar-refractivity contribution is 0.420. The second kappa shape index (κ2) is 8.67. The van der Waals surface area contributed by atoms with E-state index in [0.717, 1.165) is 28.7 Å². The lowest BCUT2D eigenvalue weighted by Crippen LogP contribution is -2.19. The van der Waals surface area contributed by atoms with Crippen LogP contribution in [0.3, 0.4) is 0 Å². The summed E-state index contributed by atoms with van der Waals surface area (Å²) in [7, 11) is 0. The van der Waals surface area contributed by atoms with E-state index in [2.05, 4.69) is 114 Å². The first-order chi connectivity index (χ1) is 14.6. The van der Waals surface area contributed by atoms with E-state index in [0.29, 0.717) is 11.5 Å². The number of hydrogen-bond donors (Lipinski definition) is 2. The minimum Gasteiger partial charge on any atom is -0.507 e. The molecule has 2 N–H and O–H groups in total. The molecule has 2 rings (SSSR count). The summed E-state index contributed by atoms with van der Waals surface area (Å²) in [6.45, 7) is 28.2. The monoisotopic (exact) mass is 452 g/mol. The van der Waals surface area contributed by atoms with Crippen molar-refractivity contribution >= 4 is 0 Å². The Morgan fingerprint density at radius 2 is 0.818 bits per heavy atom. The zero-order chi connectivity index (χ0) is 25.7. The second-order valence-corrected chi connectivity index (χ2v) is 14.1. The van der Waals surface area contributed by atoms with Gasteiger partial charge in [-0.1, -0.05) is 114 Å². The molecule has 2 aromatic rings. The summed E-state index contributed by atoms with van der Waals surface area (Å²) in [5.74, 6) is 1.14. The van der Waals surface area contributed by atoms with Crippen LogP contribution in [0, 0.1) is 0 Å². The summed E-state index contributed by atoms with van der Waals surface area (Å²) < 4.78 is 0. The third kappa shape index (κ3) is 6.14. The van der Waals surface area contributed by atoms with Gasteiger partial charge in [0.2, 0.25) is 0 Å². The van der Waals surface area contributed by atoms with Crippen molar-refractivity contribution in [3.05, 3.63) is 57.6 Å². The first-order valence-electron chi connectivity index (χ1n) is 12.4. The normalized spacial score (nSPS) is 14.5. The van der Waals surface area contributed by atoms with E-state index in [1.165, 1.54) is 11.1 Å². The van der Waals surface area contributed by atoms with Crippen molar-refractivity contribution < 1.29 is 10.2 Å². The van der Waals surface area contributed by atoms with E-state index < -0.39 is 0 Å². The number of aromatic hydroxyl groups is 2. The van der Waals surface area contributed by atoms with Crippen LogP contribution in [0.5, 0.6) is 11.5 Å². The van der Waals surface area contributed by atoms with Gasteiger partial charge in [-0.2, -0.15) is 0 Å². The molecule has 1 unspecified atom stereocenters. The number of hydrogen-bond acceptors (Lipinski definition) is 2. The topological polar surface area (TPSA) is 40.5 Å². The van der Waals surface area contributed by atoms with Crippen molar-refractivity contribution in [3.8, 4) is 11.5 Å². The molecule has 0 spiro atoms. The molecule has 0 saturated carbocycles. The minimum atomic E-state index is -0.142. The van der Waals surface area contributed by atoms with Gasteiger partial charge in [0.05, 0.1) is 0 Å². The van der Waals surface area contributed by atoms with Crippen molar-refractivity contribution in [3.63, 3.8) is 0 Å². The van der Waals surface area contributed by atoms with E-state index in [4.69, 9.17) is 0 Å². The quantitative estimate of drug-likeness (QED) is 0.489. The average molecular weight is 453 g/mol. The lowest BCUT2D eigenvalue weighted by atomic mass is 9.75. The maximum atomic E-state index is 11.1. The largest absolute Gasteiger partial charge is 0.507 e. The second-order valence-electron chi connectivity index (χ2n) is 14.1. The van der Waals surface area contributed by atoms with E-state index in [1.807, 2.05) is 0 Å². The van der Waals surface area contributed by atoms with E-state index >= 15 is 0 Å². The van der Waals surface area contributed by atoms with E-state index in [-0.39, 0.29) is 27.6 Å². The van der Waals surface area contributed by atoms with Crippen LogP contribution in [0.4, 0.5) is 0 Å². The van der Waals surface area contributed by atoms with Crippen LogP contribution in [0.1, 0.15) is 129 Å². The van der Waals surface area contributed by atoms with Gasteiger partial charge in [0.15, 0.2) is 0 Å². The first-order valence-corrected chi connectivity index (χ1v) is 12.4. The fourth-order valence-corrected chi connectivity index (χ4v) is 4.51. The molecule has 0 fully saturated rings. The molecule has 2 heteroatoms. The van der Waals surface area contributed by atoms with Crippen LogP contribution in [0.15, 0.2) is 24.3 Å².